The molecular formula is C17H25NO3. The Kier molecular flexibility index (Phi) is 6.54. The van der Waals surface area contributed by atoms with Gasteiger partial charge in [-0.05, 0) is 37.1 Å². The molecule has 1 fully saturated rings. The first-order valence-corrected chi connectivity index (χ1v) is 7.92. The van der Waals surface area contributed by atoms with Gasteiger partial charge in [-0.1, -0.05) is 38.2 Å². The second kappa shape index (κ2) is 8.67. The first kappa shape index (κ1) is 15.8. The number of hydrogen-bond acceptors (Lipinski definition) is 3. The van der Waals surface area contributed by atoms with Gasteiger partial charge in [0.1, 0.15) is 12.4 Å². The molecule has 0 saturated heterocycles. The summed E-state index contributed by atoms with van der Waals surface area (Å²) in [6, 6.07) is 6.62. The molecule has 0 aromatic heterocycles. The lowest BCUT2D eigenvalue weighted by Crippen LogP contribution is -2.24. The number of benzene rings is 1. The predicted octanol–water partition coefficient (Wildman–Crippen LogP) is 3.32. The van der Waals surface area contributed by atoms with Crippen LogP contribution in [-0.2, 0) is 0 Å². The van der Waals surface area contributed by atoms with E-state index in [0.717, 1.165) is 19.0 Å². The van der Waals surface area contributed by atoms with Crippen molar-refractivity contribution in [2.75, 3.05) is 19.7 Å². The van der Waals surface area contributed by atoms with Crippen LogP contribution in [-0.4, -0.2) is 30.8 Å². The minimum Gasteiger partial charge on any atom is -0.492 e. The summed E-state index contributed by atoms with van der Waals surface area (Å²) in [5.41, 5.74) is 0.262. The van der Waals surface area contributed by atoms with Gasteiger partial charge in [-0.2, -0.15) is 0 Å². The van der Waals surface area contributed by atoms with E-state index in [1.54, 1.807) is 24.3 Å². The number of rotatable bonds is 8. The molecule has 116 valence electrons. The fourth-order valence-electron chi connectivity index (χ4n) is 2.87. The largest absolute Gasteiger partial charge is 0.492 e. The Morgan fingerprint density at radius 1 is 1.24 bits per heavy atom. The number of aromatic carboxylic acids is 1. The third kappa shape index (κ3) is 5.76. The van der Waals surface area contributed by atoms with Gasteiger partial charge in [0.25, 0.3) is 0 Å². The maximum Gasteiger partial charge on any atom is 0.335 e. The van der Waals surface area contributed by atoms with E-state index < -0.39 is 5.97 Å². The van der Waals surface area contributed by atoms with Gasteiger partial charge in [-0.15, -0.1) is 0 Å². The van der Waals surface area contributed by atoms with Crippen molar-refractivity contribution in [1.29, 1.82) is 0 Å². The minimum atomic E-state index is -0.925. The van der Waals surface area contributed by atoms with E-state index in [2.05, 4.69) is 5.32 Å². The van der Waals surface area contributed by atoms with Crippen molar-refractivity contribution in [2.24, 2.45) is 5.92 Å². The summed E-state index contributed by atoms with van der Waals surface area (Å²) in [7, 11) is 0. The number of nitrogens with one attached hydrogen (secondary N) is 1. The van der Waals surface area contributed by atoms with Gasteiger partial charge < -0.3 is 15.2 Å². The molecule has 0 spiro atoms. The first-order chi connectivity index (χ1) is 10.3. The molecule has 1 aromatic carbocycles. The van der Waals surface area contributed by atoms with Gasteiger partial charge >= 0.3 is 5.97 Å². The average Bonchev–Trinajstić information content (AvgIpc) is 2.52. The fraction of sp³-hybridized carbons (Fsp3) is 0.588. The number of carbonyl (C=O) groups is 1. The highest BCUT2D eigenvalue weighted by Gasteiger charge is 2.12. The number of hydrogen-bond donors (Lipinski definition) is 2. The molecule has 0 amide bonds. The standard InChI is InChI=1S/C17H25NO3/c19-17(20)15-7-4-8-16(13-15)21-12-11-18-10-9-14-5-2-1-3-6-14/h4,7-8,13-14,18H,1-3,5-6,9-12H2,(H,19,20). The zero-order valence-corrected chi connectivity index (χ0v) is 12.5. The number of carboxylic acids is 1. The van der Waals surface area contributed by atoms with Gasteiger partial charge in [-0.3, -0.25) is 0 Å². The fourth-order valence-corrected chi connectivity index (χ4v) is 2.87. The molecule has 2 N–H and O–H groups in total. The van der Waals surface area contributed by atoms with Crippen molar-refractivity contribution in [3.8, 4) is 5.75 Å². The van der Waals surface area contributed by atoms with Crippen LogP contribution < -0.4 is 10.1 Å². The molecule has 21 heavy (non-hydrogen) atoms. The van der Waals surface area contributed by atoms with Gasteiger partial charge in [0.05, 0.1) is 5.56 Å². The maximum atomic E-state index is 10.9. The highest BCUT2D eigenvalue weighted by atomic mass is 16.5. The van der Waals surface area contributed by atoms with Crippen LogP contribution in [0.25, 0.3) is 0 Å². The van der Waals surface area contributed by atoms with Crippen LogP contribution in [0.3, 0.4) is 0 Å². The zero-order chi connectivity index (χ0) is 14.9. The molecule has 0 radical (unpaired) electrons. The molecule has 1 aliphatic carbocycles. The van der Waals surface area contributed by atoms with Gasteiger partial charge in [0.15, 0.2) is 0 Å². The monoisotopic (exact) mass is 291 g/mol. The molecule has 0 aliphatic heterocycles. The number of carboxylic acid groups (broad SMARTS) is 1. The average molecular weight is 291 g/mol. The lowest BCUT2D eigenvalue weighted by atomic mass is 9.87. The molecule has 4 heteroatoms. The minimum absolute atomic E-state index is 0.262. The van der Waals surface area contributed by atoms with E-state index in [9.17, 15) is 4.79 Å². The van der Waals surface area contributed by atoms with Crippen molar-refractivity contribution < 1.29 is 14.6 Å². The number of ether oxygens (including phenoxy) is 1. The van der Waals surface area contributed by atoms with E-state index in [1.165, 1.54) is 38.5 Å². The van der Waals surface area contributed by atoms with Crippen molar-refractivity contribution in [2.45, 2.75) is 38.5 Å². The summed E-state index contributed by atoms with van der Waals surface area (Å²) >= 11 is 0. The normalized spacial score (nSPS) is 15.8. The van der Waals surface area contributed by atoms with Crippen LogP contribution in [0.4, 0.5) is 0 Å². The van der Waals surface area contributed by atoms with Crippen LogP contribution in [0.2, 0.25) is 0 Å². The lowest BCUT2D eigenvalue weighted by molar-refractivity contribution is 0.0696. The summed E-state index contributed by atoms with van der Waals surface area (Å²) in [5.74, 6) is 0.592. The molecule has 4 nitrogen and oxygen atoms in total. The quantitative estimate of drug-likeness (QED) is 0.721. The van der Waals surface area contributed by atoms with Crippen molar-refractivity contribution in [3.05, 3.63) is 29.8 Å². The van der Waals surface area contributed by atoms with Gasteiger partial charge in [0.2, 0.25) is 0 Å². The molecule has 0 unspecified atom stereocenters. The molecule has 2 rings (SSSR count). The van der Waals surface area contributed by atoms with E-state index in [0.29, 0.717) is 12.4 Å². The first-order valence-electron chi connectivity index (χ1n) is 7.92. The Balaban J connectivity index is 1.57. The molecule has 1 aliphatic rings. The van der Waals surface area contributed by atoms with Crippen molar-refractivity contribution >= 4 is 5.97 Å². The zero-order valence-electron chi connectivity index (χ0n) is 12.5. The smallest absolute Gasteiger partial charge is 0.335 e. The highest BCUT2D eigenvalue weighted by Crippen LogP contribution is 2.25. The van der Waals surface area contributed by atoms with Crippen molar-refractivity contribution in [3.63, 3.8) is 0 Å². The second-order valence-corrected chi connectivity index (χ2v) is 5.72. The van der Waals surface area contributed by atoms with Gasteiger partial charge in [0, 0.05) is 6.54 Å². The molecule has 0 heterocycles. The third-order valence-electron chi connectivity index (χ3n) is 4.08. The molecule has 0 bridgehead atoms. The van der Waals surface area contributed by atoms with Crippen LogP contribution >= 0.6 is 0 Å². The Labute approximate surface area is 126 Å². The Bertz CT molecular complexity index is 441. The van der Waals surface area contributed by atoms with E-state index in [-0.39, 0.29) is 5.56 Å². The lowest BCUT2D eigenvalue weighted by Gasteiger charge is -2.21. The highest BCUT2D eigenvalue weighted by molar-refractivity contribution is 5.87. The molecule has 1 aromatic rings. The molecular weight excluding hydrogens is 266 g/mol. The topological polar surface area (TPSA) is 58.6 Å². The van der Waals surface area contributed by atoms with E-state index in [1.807, 2.05) is 0 Å². The van der Waals surface area contributed by atoms with Crippen LogP contribution in [0, 0.1) is 5.92 Å². The van der Waals surface area contributed by atoms with Crippen LogP contribution in [0.1, 0.15) is 48.9 Å². The summed E-state index contributed by atoms with van der Waals surface area (Å²) < 4.78 is 5.56. The maximum absolute atomic E-state index is 10.9. The SMILES string of the molecule is O=C(O)c1cccc(OCCNCCC2CCCCC2)c1. The van der Waals surface area contributed by atoms with E-state index in [4.69, 9.17) is 9.84 Å². The molecule has 0 atom stereocenters. The second-order valence-electron chi connectivity index (χ2n) is 5.72. The Hall–Kier alpha value is -1.55. The van der Waals surface area contributed by atoms with Crippen LogP contribution in [0.5, 0.6) is 5.75 Å². The predicted molar refractivity (Wildman–Crippen MR) is 83.0 cm³/mol. The third-order valence-corrected chi connectivity index (χ3v) is 4.08. The Morgan fingerprint density at radius 2 is 2.05 bits per heavy atom. The van der Waals surface area contributed by atoms with E-state index >= 15 is 0 Å². The summed E-state index contributed by atoms with van der Waals surface area (Å²) in [4.78, 5) is 10.9. The van der Waals surface area contributed by atoms with Crippen LogP contribution in [0.15, 0.2) is 24.3 Å². The summed E-state index contributed by atoms with van der Waals surface area (Å²) in [6.45, 7) is 2.40. The Morgan fingerprint density at radius 3 is 2.81 bits per heavy atom. The molecule has 1 saturated carbocycles. The summed E-state index contributed by atoms with van der Waals surface area (Å²) in [6.07, 6.45) is 8.24. The van der Waals surface area contributed by atoms with Gasteiger partial charge in [-0.25, -0.2) is 4.79 Å². The van der Waals surface area contributed by atoms with Crippen molar-refractivity contribution in [1.82, 2.24) is 5.32 Å². The summed E-state index contributed by atoms with van der Waals surface area (Å²) in [5, 5.41) is 12.3.